The van der Waals surface area contributed by atoms with E-state index in [0.717, 1.165) is 18.4 Å². The third-order valence-corrected chi connectivity index (χ3v) is 5.09. The number of carbonyl (C=O) groups is 2. The van der Waals surface area contributed by atoms with Gasteiger partial charge in [0, 0.05) is 31.5 Å². The maximum atomic E-state index is 13.2. The Morgan fingerprint density at radius 3 is 2.77 bits per heavy atom. The van der Waals surface area contributed by atoms with Gasteiger partial charge in [-0.25, -0.2) is 9.78 Å². The number of ether oxygens (including phenoxy) is 1. The van der Waals surface area contributed by atoms with E-state index in [9.17, 15) is 9.59 Å². The molecule has 4 rings (SSSR count). The molecule has 2 N–H and O–H groups in total. The predicted molar refractivity (Wildman–Crippen MR) is 110 cm³/mol. The Balaban J connectivity index is 1.54. The monoisotopic (exact) mass is 422 g/mol. The molecular formula is C21H22N6O4. The van der Waals surface area contributed by atoms with Crippen LogP contribution in [-0.4, -0.2) is 50.0 Å². The van der Waals surface area contributed by atoms with E-state index in [1.165, 1.54) is 12.3 Å². The van der Waals surface area contributed by atoms with Gasteiger partial charge in [0.15, 0.2) is 0 Å². The van der Waals surface area contributed by atoms with Crippen LogP contribution in [0.3, 0.4) is 0 Å². The van der Waals surface area contributed by atoms with Gasteiger partial charge in [-0.2, -0.15) is 4.98 Å². The third kappa shape index (κ3) is 4.09. The lowest BCUT2D eigenvalue weighted by molar-refractivity contribution is 0.0518. The third-order valence-electron chi connectivity index (χ3n) is 5.09. The van der Waals surface area contributed by atoms with E-state index in [-0.39, 0.29) is 35.5 Å². The SMILES string of the molecule is CCOC(=O)c1cc(N)c(C(=O)N2CCC[C@@H]2c2ccc(-c3noc(C)n3)nc2)cn1. The van der Waals surface area contributed by atoms with E-state index in [2.05, 4.69) is 20.1 Å². The Morgan fingerprint density at radius 1 is 1.29 bits per heavy atom. The molecule has 31 heavy (non-hydrogen) atoms. The maximum Gasteiger partial charge on any atom is 0.356 e. The summed E-state index contributed by atoms with van der Waals surface area (Å²) in [5.74, 6) is 0.0774. The molecule has 0 aromatic carbocycles. The molecule has 10 nitrogen and oxygen atoms in total. The molecule has 10 heteroatoms. The van der Waals surface area contributed by atoms with Gasteiger partial charge in [0.05, 0.1) is 18.2 Å². The van der Waals surface area contributed by atoms with E-state index in [1.807, 2.05) is 12.1 Å². The zero-order chi connectivity index (χ0) is 22.0. The normalized spacial score (nSPS) is 15.8. The molecule has 0 aliphatic carbocycles. The second-order valence-electron chi connectivity index (χ2n) is 7.15. The van der Waals surface area contributed by atoms with Crippen molar-refractivity contribution in [2.24, 2.45) is 0 Å². The smallest absolute Gasteiger partial charge is 0.356 e. The highest BCUT2D eigenvalue weighted by Gasteiger charge is 2.32. The second-order valence-corrected chi connectivity index (χ2v) is 7.15. The summed E-state index contributed by atoms with van der Waals surface area (Å²) < 4.78 is 9.92. The van der Waals surface area contributed by atoms with Crippen LogP contribution in [0.1, 0.15) is 58.1 Å². The number of anilines is 1. The van der Waals surface area contributed by atoms with Crippen molar-refractivity contribution < 1.29 is 18.8 Å². The van der Waals surface area contributed by atoms with Gasteiger partial charge in [-0.3, -0.25) is 9.78 Å². The number of hydrogen-bond acceptors (Lipinski definition) is 9. The Bertz CT molecular complexity index is 1110. The molecule has 0 saturated carbocycles. The van der Waals surface area contributed by atoms with Gasteiger partial charge in [-0.15, -0.1) is 0 Å². The molecule has 0 unspecified atom stereocenters. The maximum absolute atomic E-state index is 13.2. The summed E-state index contributed by atoms with van der Waals surface area (Å²) in [6.45, 7) is 4.24. The molecule has 160 valence electrons. The number of likely N-dealkylation sites (tertiary alicyclic amines) is 1. The van der Waals surface area contributed by atoms with Gasteiger partial charge in [0.1, 0.15) is 11.4 Å². The van der Waals surface area contributed by atoms with E-state index >= 15 is 0 Å². The van der Waals surface area contributed by atoms with Gasteiger partial charge < -0.3 is 19.9 Å². The minimum absolute atomic E-state index is 0.0744. The van der Waals surface area contributed by atoms with Crippen LogP contribution < -0.4 is 5.73 Å². The topological polar surface area (TPSA) is 137 Å². The van der Waals surface area contributed by atoms with Crippen LogP contribution >= 0.6 is 0 Å². The van der Waals surface area contributed by atoms with Crippen LogP contribution in [0.4, 0.5) is 5.69 Å². The molecular weight excluding hydrogens is 400 g/mol. The lowest BCUT2D eigenvalue weighted by Gasteiger charge is -2.25. The van der Waals surface area contributed by atoms with E-state index in [0.29, 0.717) is 24.0 Å². The first-order valence-electron chi connectivity index (χ1n) is 9.98. The van der Waals surface area contributed by atoms with Crippen LogP contribution in [0.15, 0.2) is 35.1 Å². The first-order chi connectivity index (χ1) is 15.0. The molecule has 1 amide bonds. The number of aromatic nitrogens is 4. The van der Waals surface area contributed by atoms with E-state index in [1.54, 1.807) is 24.9 Å². The van der Waals surface area contributed by atoms with Crippen molar-refractivity contribution in [3.8, 4) is 11.5 Å². The number of nitrogens with two attached hydrogens (primary N) is 1. The number of aryl methyl sites for hydroxylation is 1. The molecule has 3 aromatic heterocycles. The van der Waals surface area contributed by atoms with Gasteiger partial charge in [0.2, 0.25) is 11.7 Å². The molecule has 1 atom stereocenters. The average Bonchev–Trinajstić information content (AvgIpc) is 3.43. The van der Waals surface area contributed by atoms with Gasteiger partial charge in [-0.1, -0.05) is 11.2 Å². The Labute approximate surface area is 178 Å². The number of carbonyl (C=O) groups excluding carboxylic acids is 2. The zero-order valence-corrected chi connectivity index (χ0v) is 17.2. The number of amides is 1. The number of pyridine rings is 2. The van der Waals surface area contributed by atoms with Crippen molar-refractivity contribution in [1.82, 2.24) is 25.0 Å². The van der Waals surface area contributed by atoms with E-state index < -0.39 is 5.97 Å². The Morgan fingerprint density at radius 2 is 2.13 bits per heavy atom. The highest BCUT2D eigenvalue weighted by Crippen LogP contribution is 2.34. The molecule has 3 aromatic rings. The minimum atomic E-state index is -0.574. The van der Waals surface area contributed by atoms with Gasteiger partial charge in [0.25, 0.3) is 5.91 Å². The molecule has 4 heterocycles. The van der Waals surface area contributed by atoms with Crippen LogP contribution in [0, 0.1) is 6.92 Å². The lowest BCUT2D eigenvalue weighted by atomic mass is 10.1. The zero-order valence-electron chi connectivity index (χ0n) is 17.2. The Kier molecular flexibility index (Phi) is 5.61. The van der Waals surface area contributed by atoms with Crippen LogP contribution in [0.5, 0.6) is 0 Å². The lowest BCUT2D eigenvalue weighted by Crippen LogP contribution is -2.31. The number of hydrogen-bond donors (Lipinski definition) is 1. The first kappa shape index (κ1) is 20.5. The predicted octanol–water partition coefficient (Wildman–Crippen LogP) is 2.57. The largest absolute Gasteiger partial charge is 0.461 e. The number of esters is 1. The number of nitrogens with zero attached hydrogens (tertiary/aromatic N) is 5. The van der Waals surface area contributed by atoms with Crippen LogP contribution in [-0.2, 0) is 4.74 Å². The van der Waals surface area contributed by atoms with Crippen molar-refractivity contribution in [3.05, 3.63) is 53.3 Å². The van der Waals surface area contributed by atoms with E-state index in [4.69, 9.17) is 15.0 Å². The standard InChI is InChI=1S/C21H22N6O4/c1-3-30-21(29)17-9-15(22)14(11-24-17)20(28)27-8-4-5-18(27)13-6-7-16(23-10-13)19-25-12(2)31-26-19/h6-7,9-11,18H,3-5,8H2,1-2H3,(H2,22,24)/t18-/m1/s1. The minimum Gasteiger partial charge on any atom is -0.461 e. The fraction of sp³-hybridized carbons (Fsp3) is 0.333. The van der Waals surface area contributed by atoms with Crippen LogP contribution in [0.2, 0.25) is 0 Å². The fourth-order valence-corrected chi connectivity index (χ4v) is 3.62. The summed E-state index contributed by atoms with van der Waals surface area (Å²) in [6, 6.07) is 4.96. The summed E-state index contributed by atoms with van der Waals surface area (Å²) in [5.41, 5.74) is 8.09. The number of rotatable bonds is 5. The molecule has 1 aliphatic rings. The summed E-state index contributed by atoms with van der Waals surface area (Å²) in [6.07, 6.45) is 4.72. The van der Waals surface area contributed by atoms with Crippen LogP contribution in [0.25, 0.3) is 11.5 Å². The number of nitrogen functional groups attached to an aromatic ring is 1. The quantitative estimate of drug-likeness (QED) is 0.615. The second kappa shape index (κ2) is 8.50. The Hall–Kier alpha value is -3.82. The average molecular weight is 422 g/mol. The van der Waals surface area contributed by atoms with Crippen molar-refractivity contribution >= 4 is 17.6 Å². The molecule has 0 radical (unpaired) electrons. The first-order valence-corrected chi connectivity index (χ1v) is 9.98. The highest BCUT2D eigenvalue weighted by molar-refractivity contribution is 6.00. The molecule has 1 fully saturated rings. The molecule has 0 spiro atoms. The van der Waals surface area contributed by atoms with Crippen molar-refractivity contribution in [3.63, 3.8) is 0 Å². The van der Waals surface area contributed by atoms with Crippen molar-refractivity contribution in [2.75, 3.05) is 18.9 Å². The summed E-state index contributed by atoms with van der Waals surface area (Å²) in [5, 5.41) is 3.87. The highest BCUT2D eigenvalue weighted by atomic mass is 16.5. The fourth-order valence-electron chi connectivity index (χ4n) is 3.62. The van der Waals surface area contributed by atoms with Gasteiger partial charge >= 0.3 is 5.97 Å². The summed E-state index contributed by atoms with van der Waals surface area (Å²) in [4.78, 5) is 39.4. The van der Waals surface area contributed by atoms with Crippen molar-refractivity contribution in [1.29, 1.82) is 0 Å². The molecule has 1 saturated heterocycles. The summed E-state index contributed by atoms with van der Waals surface area (Å²) >= 11 is 0. The van der Waals surface area contributed by atoms with Gasteiger partial charge in [-0.05, 0) is 37.5 Å². The molecule has 1 aliphatic heterocycles. The van der Waals surface area contributed by atoms with Crippen molar-refractivity contribution in [2.45, 2.75) is 32.7 Å². The summed E-state index contributed by atoms with van der Waals surface area (Å²) in [7, 11) is 0. The molecule has 0 bridgehead atoms.